The highest BCUT2D eigenvalue weighted by Gasteiger charge is 2.48. The van der Waals surface area contributed by atoms with Gasteiger partial charge in [0.2, 0.25) is 0 Å². The predicted octanol–water partition coefficient (Wildman–Crippen LogP) is 3.50. The highest BCUT2D eigenvalue weighted by atomic mass is 16.5. The number of methoxy groups -OCH3 is 1. The first-order valence-electron chi connectivity index (χ1n) is 6.74. The minimum atomic E-state index is -0.743. The molecule has 0 radical (unpaired) electrons. The third kappa shape index (κ3) is 2.11. The van der Waals surface area contributed by atoms with Gasteiger partial charge in [-0.25, -0.2) is 0 Å². The van der Waals surface area contributed by atoms with Crippen molar-refractivity contribution in [3.63, 3.8) is 0 Å². The lowest BCUT2D eigenvalue weighted by Crippen LogP contribution is -2.42. The highest BCUT2D eigenvalue weighted by molar-refractivity contribution is 5.84. The van der Waals surface area contributed by atoms with E-state index in [0.717, 1.165) is 23.3 Å². The van der Waals surface area contributed by atoms with Crippen LogP contribution in [0, 0.1) is 0 Å². The lowest BCUT2D eigenvalue weighted by Gasteiger charge is -2.40. The summed E-state index contributed by atoms with van der Waals surface area (Å²) in [5, 5.41) is 9.60. The molecule has 0 heterocycles. The summed E-state index contributed by atoms with van der Waals surface area (Å²) in [5.74, 6) is 0.0141. The van der Waals surface area contributed by atoms with Gasteiger partial charge in [-0.2, -0.15) is 0 Å². The van der Waals surface area contributed by atoms with Crippen molar-refractivity contribution < 1.29 is 14.6 Å². The molecule has 0 aliphatic heterocycles. The molecule has 0 saturated heterocycles. The molecule has 19 heavy (non-hydrogen) atoms. The number of ether oxygens (including phenoxy) is 1. The van der Waals surface area contributed by atoms with E-state index in [1.54, 1.807) is 7.11 Å². The van der Waals surface area contributed by atoms with Gasteiger partial charge in [0.15, 0.2) is 0 Å². The minimum Gasteiger partial charge on any atom is -0.496 e. The smallest absolute Gasteiger partial charge is 0.314 e. The number of benzene rings is 1. The van der Waals surface area contributed by atoms with E-state index in [4.69, 9.17) is 4.74 Å². The van der Waals surface area contributed by atoms with Crippen molar-refractivity contribution in [2.45, 2.75) is 50.9 Å². The molecular weight excluding hydrogens is 240 g/mol. The second-order valence-corrected chi connectivity index (χ2v) is 6.38. The van der Waals surface area contributed by atoms with E-state index in [-0.39, 0.29) is 5.41 Å². The topological polar surface area (TPSA) is 46.5 Å². The molecule has 1 aromatic rings. The van der Waals surface area contributed by atoms with Crippen LogP contribution in [-0.4, -0.2) is 18.2 Å². The minimum absolute atomic E-state index is 0.0647. The van der Waals surface area contributed by atoms with Crippen LogP contribution in [0.1, 0.15) is 51.2 Å². The molecule has 1 aromatic carbocycles. The monoisotopic (exact) mass is 262 g/mol. The maximum absolute atomic E-state index is 11.7. The summed E-state index contributed by atoms with van der Waals surface area (Å²) in [7, 11) is 1.63. The zero-order chi connectivity index (χ0) is 14.3. The van der Waals surface area contributed by atoms with Crippen molar-refractivity contribution in [3.05, 3.63) is 29.3 Å². The molecule has 0 bridgehead atoms. The zero-order valence-electron chi connectivity index (χ0n) is 12.1. The van der Waals surface area contributed by atoms with Gasteiger partial charge in [0.1, 0.15) is 5.75 Å². The molecule has 1 aliphatic rings. The molecule has 0 atom stereocenters. The average molecular weight is 262 g/mol. The molecule has 1 fully saturated rings. The van der Waals surface area contributed by atoms with Gasteiger partial charge in [0.05, 0.1) is 12.5 Å². The zero-order valence-corrected chi connectivity index (χ0v) is 12.1. The molecule has 0 aromatic heterocycles. The number of carboxylic acids is 1. The molecule has 1 saturated carbocycles. The van der Waals surface area contributed by atoms with Gasteiger partial charge < -0.3 is 9.84 Å². The summed E-state index contributed by atoms with van der Waals surface area (Å²) in [4.78, 5) is 11.7. The third-order valence-corrected chi connectivity index (χ3v) is 4.16. The third-order valence-electron chi connectivity index (χ3n) is 4.16. The summed E-state index contributed by atoms with van der Waals surface area (Å²) in [6.07, 6.45) is 2.37. The van der Waals surface area contributed by atoms with E-state index in [1.165, 1.54) is 0 Å². The Bertz CT molecular complexity index is 493. The summed E-state index contributed by atoms with van der Waals surface area (Å²) < 4.78 is 5.57. The van der Waals surface area contributed by atoms with Crippen LogP contribution < -0.4 is 4.74 Å². The molecule has 3 heteroatoms. The first-order chi connectivity index (χ1) is 8.83. The van der Waals surface area contributed by atoms with Gasteiger partial charge >= 0.3 is 5.97 Å². The molecule has 0 unspecified atom stereocenters. The van der Waals surface area contributed by atoms with Crippen LogP contribution in [-0.2, 0) is 15.6 Å². The fourth-order valence-corrected chi connectivity index (χ4v) is 2.85. The van der Waals surface area contributed by atoms with E-state index in [0.29, 0.717) is 12.8 Å². The normalized spacial score (nSPS) is 17.7. The number of carboxylic acid groups (broad SMARTS) is 1. The number of aliphatic carboxylic acids is 1. The largest absolute Gasteiger partial charge is 0.496 e. The molecule has 104 valence electrons. The summed E-state index contributed by atoms with van der Waals surface area (Å²) in [5.41, 5.74) is 1.10. The molecule has 1 aliphatic carbocycles. The summed E-state index contributed by atoms with van der Waals surface area (Å²) in [6.45, 7) is 6.34. The summed E-state index contributed by atoms with van der Waals surface area (Å²) >= 11 is 0. The molecule has 1 N–H and O–H groups in total. The van der Waals surface area contributed by atoms with Crippen molar-refractivity contribution >= 4 is 5.97 Å². The average Bonchev–Trinajstić information content (AvgIpc) is 2.25. The number of hydrogen-bond donors (Lipinski definition) is 1. The Morgan fingerprint density at radius 1 is 1.32 bits per heavy atom. The number of para-hydroxylation sites is 1. The maximum Gasteiger partial charge on any atom is 0.314 e. The predicted molar refractivity (Wildman–Crippen MR) is 74.9 cm³/mol. The molecule has 0 spiro atoms. The van der Waals surface area contributed by atoms with Crippen LogP contribution >= 0.6 is 0 Å². The Morgan fingerprint density at radius 2 is 1.95 bits per heavy atom. The Hall–Kier alpha value is -1.51. The molecule has 2 rings (SSSR count). The van der Waals surface area contributed by atoms with Crippen LogP contribution in [0.25, 0.3) is 0 Å². The fraction of sp³-hybridized carbons (Fsp3) is 0.562. The van der Waals surface area contributed by atoms with Gasteiger partial charge in [0.25, 0.3) is 0 Å². The van der Waals surface area contributed by atoms with Crippen molar-refractivity contribution in [3.8, 4) is 5.75 Å². The van der Waals surface area contributed by atoms with Gasteiger partial charge in [-0.1, -0.05) is 45.4 Å². The maximum atomic E-state index is 11.7. The molecular formula is C16H22O3. The van der Waals surface area contributed by atoms with Crippen molar-refractivity contribution in [2.24, 2.45) is 0 Å². The van der Waals surface area contributed by atoms with Crippen LogP contribution in [0.2, 0.25) is 0 Å². The number of rotatable bonds is 3. The first kappa shape index (κ1) is 13.9. The highest BCUT2D eigenvalue weighted by Crippen LogP contribution is 2.49. The fourth-order valence-electron chi connectivity index (χ4n) is 2.85. The van der Waals surface area contributed by atoms with Crippen molar-refractivity contribution in [1.82, 2.24) is 0 Å². The van der Waals surface area contributed by atoms with Crippen LogP contribution in [0.5, 0.6) is 5.75 Å². The van der Waals surface area contributed by atoms with Crippen LogP contribution in [0.4, 0.5) is 0 Å². The molecule has 0 amide bonds. The van der Waals surface area contributed by atoms with Crippen molar-refractivity contribution in [1.29, 1.82) is 0 Å². The lowest BCUT2D eigenvalue weighted by atomic mass is 9.63. The van der Waals surface area contributed by atoms with Gasteiger partial charge in [-0.3, -0.25) is 4.79 Å². The van der Waals surface area contributed by atoms with E-state index < -0.39 is 11.4 Å². The standard InChI is InChI=1S/C16H22O3/c1-15(2,3)11-7-5-8-12(13(11)19-4)16(14(17)18)9-6-10-16/h5,7-8H,6,9-10H2,1-4H3,(H,17,18). The summed E-state index contributed by atoms with van der Waals surface area (Å²) in [6, 6.07) is 5.87. The lowest BCUT2D eigenvalue weighted by molar-refractivity contribution is -0.147. The van der Waals surface area contributed by atoms with Gasteiger partial charge in [0, 0.05) is 5.56 Å². The Balaban J connectivity index is 2.62. The van der Waals surface area contributed by atoms with E-state index in [2.05, 4.69) is 20.8 Å². The number of carbonyl (C=O) groups is 1. The Kier molecular flexibility index (Phi) is 3.33. The van der Waals surface area contributed by atoms with Crippen LogP contribution in [0.3, 0.4) is 0 Å². The Labute approximate surface area is 114 Å². The van der Waals surface area contributed by atoms with Crippen molar-refractivity contribution in [2.75, 3.05) is 7.11 Å². The van der Waals surface area contributed by atoms with E-state index in [1.807, 2.05) is 18.2 Å². The van der Waals surface area contributed by atoms with Gasteiger partial charge in [-0.15, -0.1) is 0 Å². The van der Waals surface area contributed by atoms with E-state index in [9.17, 15) is 9.90 Å². The van der Waals surface area contributed by atoms with Crippen LogP contribution in [0.15, 0.2) is 18.2 Å². The van der Waals surface area contributed by atoms with E-state index >= 15 is 0 Å². The second-order valence-electron chi connectivity index (χ2n) is 6.38. The quantitative estimate of drug-likeness (QED) is 0.906. The van der Waals surface area contributed by atoms with Gasteiger partial charge in [-0.05, 0) is 23.8 Å². The first-order valence-corrected chi connectivity index (χ1v) is 6.74. The second kappa shape index (κ2) is 4.55. The number of hydrogen-bond acceptors (Lipinski definition) is 2. The Morgan fingerprint density at radius 3 is 2.32 bits per heavy atom. The SMILES string of the molecule is COc1c(C(C)(C)C)cccc1C1(C(=O)O)CCC1. The molecule has 3 nitrogen and oxygen atoms in total.